The van der Waals surface area contributed by atoms with Crippen LogP contribution in [0.5, 0.6) is 5.75 Å². The molecular formula is C16H17N5O3. The van der Waals surface area contributed by atoms with Crippen molar-refractivity contribution in [1.82, 2.24) is 19.3 Å². The van der Waals surface area contributed by atoms with E-state index in [-0.39, 0.29) is 18.0 Å². The zero-order valence-electron chi connectivity index (χ0n) is 13.6. The molecule has 3 aromatic rings. The van der Waals surface area contributed by atoms with Gasteiger partial charge in [-0.15, -0.1) is 0 Å². The lowest BCUT2D eigenvalue weighted by Gasteiger charge is -2.11. The van der Waals surface area contributed by atoms with Gasteiger partial charge in [-0.3, -0.25) is 18.8 Å². The van der Waals surface area contributed by atoms with Gasteiger partial charge in [-0.25, -0.2) is 4.98 Å². The third-order valence-corrected chi connectivity index (χ3v) is 3.66. The van der Waals surface area contributed by atoms with E-state index in [1.807, 2.05) is 19.1 Å². The van der Waals surface area contributed by atoms with Crippen molar-refractivity contribution in [2.75, 3.05) is 12.4 Å². The molecule has 2 aromatic heterocycles. The molecule has 3 rings (SSSR count). The van der Waals surface area contributed by atoms with Gasteiger partial charge in [0.05, 0.1) is 19.0 Å². The SMILES string of the molecule is COc1cc(C)ccc1NC(=O)Cn1cnc2c(cnn2C)c1=O. The minimum Gasteiger partial charge on any atom is -0.495 e. The van der Waals surface area contributed by atoms with Crippen molar-refractivity contribution in [2.24, 2.45) is 7.05 Å². The van der Waals surface area contributed by atoms with E-state index in [4.69, 9.17) is 4.74 Å². The number of anilines is 1. The van der Waals surface area contributed by atoms with Gasteiger partial charge in [0, 0.05) is 7.05 Å². The van der Waals surface area contributed by atoms with Crippen LogP contribution in [-0.2, 0) is 18.4 Å². The molecule has 124 valence electrons. The molecule has 0 bridgehead atoms. The van der Waals surface area contributed by atoms with Gasteiger partial charge in [-0.2, -0.15) is 5.10 Å². The third kappa shape index (κ3) is 2.85. The van der Waals surface area contributed by atoms with Crippen LogP contribution in [0.25, 0.3) is 11.0 Å². The smallest absolute Gasteiger partial charge is 0.264 e. The van der Waals surface area contributed by atoms with Gasteiger partial charge in [0.1, 0.15) is 24.0 Å². The van der Waals surface area contributed by atoms with Crippen molar-refractivity contribution in [3.05, 3.63) is 46.6 Å². The first kappa shape index (κ1) is 15.7. The summed E-state index contributed by atoms with van der Waals surface area (Å²) in [5, 5.41) is 7.12. The number of amides is 1. The van der Waals surface area contributed by atoms with Gasteiger partial charge in [-0.1, -0.05) is 6.07 Å². The maximum atomic E-state index is 12.4. The van der Waals surface area contributed by atoms with Crippen LogP contribution in [0.3, 0.4) is 0 Å². The Hall–Kier alpha value is -3.16. The molecule has 0 spiro atoms. The molecule has 0 unspecified atom stereocenters. The third-order valence-electron chi connectivity index (χ3n) is 3.66. The van der Waals surface area contributed by atoms with E-state index in [0.717, 1.165) is 5.56 Å². The van der Waals surface area contributed by atoms with Crippen LogP contribution in [0.15, 0.2) is 35.5 Å². The van der Waals surface area contributed by atoms with Crippen LogP contribution in [-0.4, -0.2) is 32.3 Å². The average Bonchev–Trinajstić information content (AvgIpc) is 2.94. The zero-order chi connectivity index (χ0) is 17.3. The Balaban J connectivity index is 1.83. The maximum Gasteiger partial charge on any atom is 0.264 e. The van der Waals surface area contributed by atoms with Gasteiger partial charge in [0.2, 0.25) is 5.91 Å². The van der Waals surface area contributed by atoms with E-state index in [1.54, 1.807) is 13.1 Å². The molecule has 0 saturated heterocycles. The summed E-state index contributed by atoms with van der Waals surface area (Å²) in [5.41, 5.74) is 1.75. The quantitative estimate of drug-likeness (QED) is 0.774. The number of hydrogen-bond acceptors (Lipinski definition) is 5. The first-order chi connectivity index (χ1) is 11.5. The van der Waals surface area contributed by atoms with Crippen molar-refractivity contribution in [1.29, 1.82) is 0 Å². The summed E-state index contributed by atoms with van der Waals surface area (Å²) in [6, 6.07) is 5.45. The van der Waals surface area contributed by atoms with Gasteiger partial charge in [0.15, 0.2) is 5.65 Å². The highest BCUT2D eigenvalue weighted by Crippen LogP contribution is 2.25. The second kappa shape index (κ2) is 6.15. The Morgan fingerprint density at radius 2 is 2.17 bits per heavy atom. The molecule has 0 aliphatic rings. The summed E-state index contributed by atoms with van der Waals surface area (Å²) in [6.45, 7) is 1.79. The summed E-state index contributed by atoms with van der Waals surface area (Å²) < 4.78 is 8.02. The number of rotatable bonds is 4. The summed E-state index contributed by atoms with van der Waals surface area (Å²) in [7, 11) is 3.24. The van der Waals surface area contributed by atoms with Crippen molar-refractivity contribution in [2.45, 2.75) is 13.5 Å². The van der Waals surface area contributed by atoms with E-state index in [2.05, 4.69) is 15.4 Å². The van der Waals surface area contributed by atoms with E-state index in [0.29, 0.717) is 22.5 Å². The molecule has 0 aliphatic heterocycles. The van der Waals surface area contributed by atoms with Crippen LogP contribution < -0.4 is 15.6 Å². The Bertz CT molecular complexity index is 973. The molecule has 1 N–H and O–H groups in total. The van der Waals surface area contributed by atoms with E-state index in [9.17, 15) is 9.59 Å². The molecule has 8 nitrogen and oxygen atoms in total. The van der Waals surface area contributed by atoms with Crippen LogP contribution >= 0.6 is 0 Å². The number of nitrogens with zero attached hydrogens (tertiary/aromatic N) is 4. The van der Waals surface area contributed by atoms with Crippen molar-refractivity contribution >= 4 is 22.6 Å². The Morgan fingerprint density at radius 1 is 1.38 bits per heavy atom. The highest BCUT2D eigenvalue weighted by Gasteiger charge is 2.12. The Kier molecular flexibility index (Phi) is 4.03. The van der Waals surface area contributed by atoms with Crippen molar-refractivity contribution in [3.63, 3.8) is 0 Å². The summed E-state index contributed by atoms with van der Waals surface area (Å²) in [4.78, 5) is 28.8. The number of benzene rings is 1. The standard InChI is InChI=1S/C16H17N5O3/c1-10-4-5-12(13(6-10)24-3)19-14(22)8-21-9-17-15-11(16(21)23)7-18-20(15)2/h4-7,9H,8H2,1-3H3,(H,19,22). The highest BCUT2D eigenvalue weighted by atomic mass is 16.5. The molecule has 0 aliphatic carbocycles. The monoisotopic (exact) mass is 327 g/mol. The van der Waals surface area contributed by atoms with Gasteiger partial charge in [-0.05, 0) is 24.6 Å². The van der Waals surface area contributed by atoms with Crippen molar-refractivity contribution < 1.29 is 9.53 Å². The molecule has 2 heterocycles. The van der Waals surface area contributed by atoms with Crippen LogP contribution in [0, 0.1) is 6.92 Å². The fourth-order valence-corrected chi connectivity index (χ4v) is 2.43. The first-order valence-corrected chi connectivity index (χ1v) is 7.31. The zero-order valence-corrected chi connectivity index (χ0v) is 13.6. The summed E-state index contributed by atoms with van der Waals surface area (Å²) >= 11 is 0. The highest BCUT2D eigenvalue weighted by molar-refractivity contribution is 5.92. The molecule has 0 radical (unpaired) electrons. The van der Waals surface area contributed by atoms with Gasteiger partial charge in [0.25, 0.3) is 5.56 Å². The number of carbonyl (C=O) groups excluding carboxylic acids is 1. The second-order valence-electron chi connectivity index (χ2n) is 5.43. The largest absolute Gasteiger partial charge is 0.495 e. The lowest BCUT2D eigenvalue weighted by Crippen LogP contribution is -2.28. The average molecular weight is 327 g/mol. The Morgan fingerprint density at radius 3 is 2.92 bits per heavy atom. The molecule has 24 heavy (non-hydrogen) atoms. The maximum absolute atomic E-state index is 12.4. The molecule has 8 heteroatoms. The fraction of sp³-hybridized carbons (Fsp3) is 0.250. The number of nitrogens with one attached hydrogen (secondary N) is 1. The number of fused-ring (bicyclic) bond motifs is 1. The minimum atomic E-state index is -0.343. The molecular weight excluding hydrogens is 310 g/mol. The molecule has 1 amide bonds. The van der Waals surface area contributed by atoms with E-state index >= 15 is 0 Å². The van der Waals surface area contributed by atoms with E-state index < -0.39 is 0 Å². The number of methoxy groups -OCH3 is 1. The number of aryl methyl sites for hydroxylation is 2. The number of aromatic nitrogens is 4. The predicted molar refractivity (Wildman–Crippen MR) is 89.1 cm³/mol. The second-order valence-corrected chi connectivity index (χ2v) is 5.43. The van der Waals surface area contributed by atoms with Crippen LogP contribution in [0.2, 0.25) is 0 Å². The molecule has 0 fully saturated rings. The normalized spacial score (nSPS) is 10.8. The minimum absolute atomic E-state index is 0.145. The summed E-state index contributed by atoms with van der Waals surface area (Å²) in [5.74, 6) is 0.223. The van der Waals surface area contributed by atoms with E-state index in [1.165, 1.54) is 28.9 Å². The van der Waals surface area contributed by atoms with Gasteiger partial charge >= 0.3 is 0 Å². The number of carbonyl (C=O) groups is 1. The first-order valence-electron chi connectivity index (χ1n) is 7.31. The predicted octanol–water partition coefficient (Wildman–Crippen LogP) is 1.09. The topological polar surface area (TPSA) is 91.0 Å². The number of hydrogen-bond donors (Lipinski definition) is 1. The van der Waals surface area contributed by atoms with Crippen LogP contribution in [0.4, 0.5) is 5.69 Å². The number of ether oxygens (including phenoxy) is 1. The molecule has 0 atom stereocenters. The van der Waals surface area contributed by atoms with Gasteiger partial charge < -0.3 is 10.1 Å². The lowest BCUT2D eigenvalue weighted by atomic mass is 10.2. The van der Waals surface area contributed by atoms with Crippen LogP contribution in [0.1, 0.15) is 5.56 Å². The molecule has 1 aromatic carbocycles. The molecule has 0 saturated carbocycles. The lowest BCUT2D eigenvalue weighted by molar-refractivity contribution is -0.116. The van der Waals surface area contributed by atoms with Crippen molar-refractivity contribution in [3.8, 4) is 5.75 Å². The Labute approximate surface area is 137 Å². The summed E-state index contributed by atoms with van der Waals surface area (Å²) in [6.07, 6.45) is 2.79. The fourth-order valence-electron chi connectivity index (χ4n) is 2.43.